The highest BCUT2D eigenvalue weighted by Crippen LogP contribution is 2.39. The lowest BCUT2D eigenvalue weighted by molar-refractivity contribution is -0.137. The Bertz CT molecular complexity index is 859. The minimum absolute atomic E-state index is 0.203. The van der Waals surface area contributed by atoms with Crippen LogP contribution in [0.5, 0.6) is 0 Å². The molecule has 0 heterocycles. The molecule has 0 bridgehead atoms. The standard InChI is InChI=1S/C21H18F3NS/c22-21(23,24)20-12-18(10-11-19(20)17-4-2-1-3-5-17)26-14-16-8-6-15(13-25)7-9-16/h1-12H,13-14,25H2. The van der Waals surface area contributed by atoms with Crippen LogP contribution in [-0.2, 0) is 18.5 Å². The summed E-state index contributed by atoms with van der Waals surface area (Å²) in [4.78, 5) is 0.597. The van der Waals surface area contributed by atoms with Gasteiger partial charge in [0, 0.05) is 17.2 Å². The number of alkyl halides is 3. The first kappa shape index (κ1) is 18.5. The highest BCUT2D eigenvalue weighted by molar-refractivity contribution is 7.98. The van der Waals surface area contributed by atoms with Crippen molar-refractivity contribution in [3.8, 4) is 11.1 Å². The summed E-state index contributed by atoms with van der Waals surface area (Å²) < 4.78 is 40.6. The molecule has 0 aromatic heterocycles. The lowest BCUT2D eigenvalue weighted by Crippen LogP contribution is -2.07. The Morgan fingerprint density at radius 2 is 1.46 bits per heavy atom. The molecule has 0 unspecified atom stereocenters. The predicted molar refractivity (Wildman–Crippen MR) is 101 cm³/mol. The van der Waals surface area contributed by atoms with E-state index < -0.39 is 11.7 Å². The first-order valence-electron chi connectivity index (χ1n) is 8.15. The van der Waals surface area contributed by atoms with Crippen LogP contribution in [-0.4, -0.2) is 0 Å². The molecular formula is C21H18F3NS. The number of rotatable bonds is 5. The second kappa shape index (κ2) is 7.98. The molecule has 26 heavy (non-hydrogen) atoms. The molecule has 2 N–H and O–H groups in total. The molecule has 0 aliphatic rings. The van der Waals surface area contributed by atoms with E-state index in [1.165, 1.54) is 17.8 Å². The van der Waals surface area contributed by atoms with E-state index in [0.29, 0.717) is 22.8 Å². The van der Waals surface area contributed by atoms with E-state index >= 15 is 0 Å². The molecule has 3 aromatic carbocycles. The zero-order chi connectivity index (χ0) is 18.6. The summed E-state index contributed by atoms with van der Waals surface area (Å²) >= 11 is 1.39. The van der Waals surface area contributed by atoms with Crippen LogP contribution in [0.1, 0.15) is 16.7 Å². The average Bonchev–Trinajstić information content (AvgIpc) is 2.66. The van der Waals surface area contributed by atoms with Crippen LogP contribution in [0.3, 0.4) is 0 Å². The number of halogens is 3. The Morgan fingerprint density at radius 1 is 0.808 bits per heavy atom. The normalized spacial score (nSPS) is 11.5. The van der Waals surface area contributed by atoms with Crippen LogP contribution in [0.15, 0.2) is 77.7 Å². The van der Waals surface area contributed by atoms with E-state index in [4.69, 9.17) is 5.73 Å². The SMILES string of the molecule is NCc1ccc(CSc2ccc(-c3ccccc3)c(C(F)(F)F)c2)cc1. The van der Waals surface area contributed by atoms with Gasteiger partial charge in [0.1, 0.15) is 0 Å². The summed E-state index contributed by atoms with van der Waals surface area (Å²) in [5.74, 6) is 0.604. The van der Waals surface area contributed by atoms with E-state index in [0.717, 1.165) is 11.1 Å². The van der Waals surface area contributed by atoms with Crippen LogP contribution in [0.4, 0.5) is 13.2 Å². The molecule has 0 saturated heterocycles. The molecule has 134 valence electrons. The average molecular weight is 373 g/mol. The largest absolute Gasteiger partial charge is 0.417 e. The van der Waals surface area contributed by atoms with E-state index in [2.05, 4.69) is 0 Å². The van der Waals surface area contributed by atoms with Crippen molar-refractivity contribution in [1.82, 2.24) is 0 Å². The first-order chi connectivity index (χ1) is 12.5. The number of hydrogen-bond donors (Lipinski definition) is 1. The van der Waals surface area contributed by atoms with Gasteiger partial charge in [0.25, 0.3) is 0 Å². The van der Waals surface area contributed by atoms with Crippen molar-refractivity contribution in [2.45, 2.75) is 23.4 Å². The third kappa shape index (κ3) is 4.48. The Labute approximate surface area is 155 Å². The number of hydrogen-bond acceptors (Lipinski definition) is 2. The zero-order valence-electron chi connectivity index (χ0n) is 14.0. The van der Waals surface area contributed by atoms with Crippen LogP contribution in [0.2, 0.25) is 0 Å². The van der Waals surface area contributed by atoms with Gasteiger partial charge in [0.05, 0.1) is 5.56 Å². The van der Waals surface area contributed by atoms with Crippen LogP contribution < -0.4 is 5.73 Å². The maximum absolute atomic E-state index is 13.5. The van der Waals surface area contributed by atoms with Gasteiger partial charge in [-0.2, -0.15) is 13.2 Å². The highest BCUT2D eigenvalue weighted by Gasteiger charge is 2.34. The van der Waals surface area contributed by atoms with E-state index in [1.54, 1.807) is 42.5 Å². The van der Waals surface area contributed by atoms with Crippen molar-refractivity contribution in [2.24, 2.45) is 5.73 Å². The van der Waals surface area contributed by atoms with E-state index in [1.807, 2.05) is 24.3 Å². The number of thioether (sulfide) groups is 1. The molecule has 0 aliphatic carbocycles. The lowest BCUT2D eigenvalue weighted by atomic mass is 9.99. The van der Waals surface area contributed by atoms with Crippen molar-refractivity contribution in [3.63, 3.8) is 0 Å². The van der Waals surface area contributed by atoms with Crippen molar-refractivity contribution in [1.29, 1.82) is 0 Å². The van der Waals surface area contributed by atoms with Crippen molar-refractivity contribution >= 4 is 11.8 Å². The van der Waals surface area contributed by atoms with Gasteiger partial charge in [-0.1, -0.05) is 60.7 Å². The van der Waals surface area contributed by atoms with Gasteiger partial charge in [-0.3, -0.25) is 0 Å². The minimum Gasteiger partial charge on any atom is -0.326 e. The predicted octanol–water partition coefficient (Wildman–Crippen LogP) is 6.12. The smallest absolute Gasteiger partial charge is 0.326 e. The van der Waals surface area contributed by atoms with E-state index in [-0.39, 0.29) is 5.56 Å². The summed E-state index contributed by atoms with van der Waals surface area (Å²) in [7, 11) is 0. The second-order valence-electron chi connectivity index (χ2n) is 5.88. The molecule has 0 saturated carbocycles. The topological polar surface area (TPSA) is 26.0 Å². The molecule has 3 aromatic rings. The van der Waals surface area contributed by atoms with Gasteiger partial charge >= 0.3 is 6.18 Å². The minimum atomic E-state index is -4.40. The van der Waals surface area contributed by atoms with Gasteiger partial charge in [-0.05, 0) is 34.4 Å². The molecule has 0 fully saturated rings. The van der Waals surface area contributed by atoms with Crippen LogP contribution >= 0.6 is 11.8 Å². The molecule has 5 heteroatoms. The fourth-order valence-corrected chi connectivity index (χ4v) is 3.55. The fourth-order valence-electron chi connectivity index (χ4n) is 2.66. The van der Waals surface area contributed by atoms with Crippen LogP contribution in [0, 0.1) is 0 Å². The van der Waals surface area contributed by atoms with Crippen molar-refractivity contribution in [2.75, 3.05) is 0 Å². The Hall–Kier alpha value is -2.24. The third-order valence-electron chi connectivity index (χ3n) is 4.05. The Morgan fingerprint density at radius 3 is 2.08 bits per heavy atom. The molecule has 0 aliphatic heterocycles. The maximum atomic E-state index is 13.5. The summed E-state index contributed by atoms with van der Waals surface area (Å²) in [6, 6.07) is 21.0. The van der Waals surface area contributed by atoms with Crippen LogP contribution in [0.25, 0.3) is 11.1 Å². The second-order valence-corrected chi connectivity index (χ2v) is 6.93. The van der Waals surface area contributed by atoms with Crippen molar-refractivity contribution < 1.29 is 13.2 Å². The molecular weight excluding hydrogens is 355 g/mol. The number of benzene rings is 3. The summed E-state index contributed by atoms with van der Waals surface area (Å²) in [5, 5.41) is 0. The molecule has 3 rings (SSSR count). The lowest BCUT2D eigenvalue weighted by Gasteiger charge is -2.15. The highest BCUT2D eigenvalue weighted by atomic mass is 32.2. The summed E-state index contributed by atoms with van der Waals surface area (Å²) in [6.07, 6.45) is -4.40. The zero-order valence-corrected chi connectivity index (χ0v) is 14.8. The molecule has 1 nitrogen and oxygen atoms in total. The van der Waals surface area contributed by atoms with Gasteiger partial charge in [-0.15, -0.1) is 11.8 Å². The quantitative estimate of drug-likeness (QED) is 0.545. The van der Waals surface area contributed by atoms with E-state index in [9.17, 15) is 13.2 Å². The first-order valence-corrected chi connectivity index (χ1v) is 9.13. The summed E-state index contributed by atoms with van der Waals surface area (Å²) in [6.45, 7) is 0.476. The monoisotopic (exact) mass is 373 g/mol. The van der Waals surface area contributed by atoms with Gasteiger partial charge < -0.3 is 5.73 Å². The summed E-state index contributed by atoms with van der Waals surface area (Å²) in [5.41, 5.74) is 7.82. The molecule has 0 atom stereocenters. The van der Waals surface area contributed by atoms with Gasteiger partial charge in [0.15, 0.2) is 0 Å². The molecule has 0 amide bonds. The van der Waals surface area contributed by atoms with Crippen molar-refractivity contribution in [3.05, 3.63) is 89.5 Å². The fraction of sp³-hybridized carbons (Fsp3) is 0.143. The molecule has 0 radical (unpaired) electrons. The Kier molecular flexibility index (Phi) is 5.69. The number of nitrogens with two attached hydrogens (primary N) is 1. The van der Waals surface area contributed by atoms with Gasteiger partial charge in [0.2, 0.25) is 0 Å². The van der Waals surface area contributed by atoms with Gasteiger partial charge in [-0.25, -0.2) is 0 Å². The molecule has 0 spiro atoms. The maximum Gasteiger partial charge on any atom is 0.417 e. The Balaban J connectivity index is 1.84. The third-order valence-corrected chi connectivity index (χ3v) is 5.11.